The Labute approximate surface area is 177 Å². The molecular weight excluding hydrogens is 370 g/mol. The van der Waals surface area contributed by atoms with Gasteiger partial charge in [0.1, 0.15) is 5.65 Å². The highest BCUT2D eigenvalue weighted by Crippen LogP contribution is 2.32. The van der Waals surface area contributed by atoms with Gasteiger partial charge in [-0.05, 0) is 63.3 Å². The van der Waals surface area contributed by atoms with E-state index in [1.165, 1.54) is 36.0 Å². The smallest absolute Gasteiger partial charge is 0.211 e. The second kappa shape index (κ2) is 7.63. The molecule has 5 nitrogen and oxygen atoms in total. The number of imidazole rings is 1. The van der Waals surface area contributed by atoms with Crippen molar-refractivity contribution in [3.63, 3.8) is 0 Å². The fourth-order valence-corrected chi connectivity index (χ4v) is 4.61. The standard InChI is InChI=1S/C25H29N5/c1-17-15-20(19(3)27-22-10-6-5-9-18(22)2)23-21(16-17)24-26-11-14-30(24)25(28-23)29-12-7-4-8-13-29/h5-6,9-11,14-16,19,27H,4,7-8,12-13H2,1-3H3. The average Bonchev–Trinajstić information content (AvgIpc) is 3.25. The van der Waals surface area contributed by atoms with Gasteiger partial charge in [0.15, 0.2) is 0 Å². The van der Waals surface area contributed by atoms with Gasteiger partial charge in [0.25, 0.3) is 0 Å². The van der Waals surface area contributed by atoms with Crippen LogP contribution in [0.4, 0.5) is 11.6 Å². The number of nitrogens with one attached hydrogen (secondary N) is 1. The van der Waals surface area contributed by atoms with Crippen LogP contribution in [0.25, 0.3) is 16.6 Å². The molecule has 0 bridgehead atoms. The summed E-state index contributed by atoms with van der Waals surface area (Å²) < 4.78 is 2.16. The summed E-state index contributed by atoms with van der Waals surface area (Å²) in [6.45, 7) is 8.64. The van der Waals surface area contributed by atoms with Crippen LogP contribution >= 0.6 is 0 Å². The van der Waals surface area contributed by atoms with Crippen molar-refractivity contribution in [1.82, 2.24) is 14.4 Å². The minimum absolute atomic E-state index is 0.132. The highest BCUT2D eigenvalue weighted by molar-refractivity contribution is 5.95. The minimum Gasteiger partial charge on any atom is -0.378 e. The Hall–Kier alpha value is -3.08. The van der Waals surface area contributed by atoms with Crippen molar-refractivity contribution >= 4 is 28.2 Å². The molecule has 0 saturated carbocycles. The van der Waals surface area contributed by atoms with Crippen molar-refractivity contribution in [3.05, 3.63) is 65.5 Å². The first-order chi connectivity index (χ1) is 14.6. The van der Waals surface area contributed by atoms with Crippen molar-refractivity contribution in [3.8, 4) is 0 Å². The van der Waals surface area contributed by atoms with Crippen LogP contribution in [-0.2, 0) is 0 Å². The second-order valence-corrected chi connectivity index (χ2v) is 8.51. The molecule has 1 saturated heterocycles. The Kier molecular flexibility index (Phi) is 4.81. The maximum Gasteiger partial charge on any atom is 0.211 e. The Morgan fingerprint density at radius 1 is 1.03 bits per heavy atom. The lowest BCUT2D eigenvalue weighted by atomic mass is 10.0. The van der Waals surface area contributed by atoms with Crippen molar-refractivity contribution < 1.29 is 0 Å². The number of piperidine rings is 1. The second-order valence-electron chi connectivity index (χ2n) is 8.51. The largest absolute Gasteiger partial charge is 0.378 e. The van der Waals surface area contributed by atoms with Crippen molar-refractivity contribution in [1.29, 1.82) is 0 Å². The summed E-state index contributed by atoms with van der Waals surface area (Å²) in [7, 11) is 0. The van der Waals surface area contributed by atoms with E-state index in [9.17, 15) is 0 Å². The van der Waals surface area contributed by atoms with Gasteiger partial charge in [0, 0.05) is 42.1 Å². The van der Waals surface area contributed by atoms with Gasteiger partial charge < -0.3 is 10.2 Å². The van der Waals surface area contributed by atoms with E-state index in [2.05, 4.69) is 71.8 Å². The fourth-order valence-electron chi connectivity index (χ4n) is 4.61. The summed E-state index contributed by atoms with van der Waals surface area (Å²) in [4.78, 5) is 12.4. The van der Waals surface area contributed by atoms with Gasteiger partial charge in [-0.25, -0.2) is 9.97 Å². The molecule has 0 spiro atoms. The SMILES string of the molecule is Cc1cc(C(C)Nc2ccccc2C)c2nc(N3CCCCC3)n3ccnc3c2c1. The zero-order valence-electron chi connectivity index (χ0n) is 18.0. The lowest BCUT2D eigenvalue weighted by Gasteiger charge is -2.29. The van der Waals surface area contributed by atoms with Crippen molar-refractivity contribution in [2.75, 3.05) is 23.3 Å². The van der Waals surface area contributed by atoms with E-state index in [1.54, 1.807) is 0 Å². The number of anilines is 2. The third-order valence-corrected chi connectivity index (χ3v) is 6.22. The highest BCUT2D eigenvalue weighted by atomic mass is 15.3. The molecule has 4 aromatic rings. The first-order valence-electron chi connectivity index (χ1n) is 11.0. The molecule has 1 unspecified atom stereocenters. The molecule has 1 N–H and O–H groups in total. The third kappa shape index (κ3) is 3.28. The van der Waals surface area contributed by atoms with E-state index in [-0.39, 0.29) is 6.04 Å². The zero-order valence-corrected chi connectivity index (χ0v) is 18.0. The molecule has 2 aromatic heterocycles. The maximum absolute atomic E-state index is 5.23. The van der Waals surface area contributed by atoms with Crippen LogP contribution in [0.3, 0.4) is 0 Å². The lowest BCUT2D eigenvalue weighted by molar-refractivity contribution is 0.567. The van der Waals surface area contributed by atoms with Gasteiger partial charge in [0.05, 0.1) is 11.6 Å². The van der Waals surface area contributed by atoms with E-state index < -0.39 is 0 Å². The van der Waals surface area contributed by atoms with E-state index in [0.29, 0.717) is 0 Å². The minimum atomic E-state index is 0.132. The number of aromatic nitrogens is 3. The third-order valence-electron chi connectivity index (χ3n) is 6.22. The molecule has 1 aliphatic heterocycles. The molecule has 154 valence electrons. The van der Waals surface area contributed by atoms with Gasteiger partial charge in [0.2, 0.25) is 5.95 Å². The van der Waals surface area contributed by atoms with E-state index >= 15 is 0 Å². The van der Waals surface area contributed by atoms with Crippen LogP contribution in [0.15, 0.2) is 48.8 Å². The van der Waals surface area contributed by atoms with Crippen LogP contribution in [-0.4, -0.2) is 27.5 Å². The molecule has 0 amide bonds. The number of benzene rings is 2. The van der Waals surface area contributed by atoms with E-state index in [4.69, 9.17) is 9.97 Å². The van der Waals surface area contributed by atoms with Crippen LogP contribution in [0.2, 0.25) is 0 Å². The molecule has 3 heterocycles. The van der Waals surface area contributed by atoms with Gasteiger partial charge >= 0.3 is 0 Å². The van der Waals surface area contributed by atoms with Gasteiger partial charge in [-0.2, -0.15) is 0 Å². The van der Waals surface area contributed by atoms with Gasteiger partial charge in [-0.15, -0.1) is 0 Å². The van der Waals surface area contributed by atoms with Crippen molar-refractivity contribution in [2.24, 2.45) is 0 Å². The van der Waals surface area contributed by atoms with Gasteiger partial charge in [-0.1, -0.05) is 24.3 Å². The van der Waals surface area contributed by atoms with E-state index in [0.717, 1.165) is 41.3 Å². The Morgan fingerprint density at radius 3 is 2.63 bits per heavy atom. The molecule has 1 aliphatic rings. The number of fused-ring (bicyclic) bond motifs is 3. The predicted octanol–water partition coefficient (Wildman–Crippen LogP) is 5.66. The summed E-state index contributed by atoms with van der Waals surface area (Å²) in [5.74, 6) is 1.02. The number of para-hydroxylation sites is 1. The quantitative estimate of drug-likeness (QED) is 0.481. The van der Waals surface area contributed by atoms with Crippen molar-refractivity contribution in [2.45, 2.75) is 46.1 Å². The Bertz CT molecular complexity index is 1200. The summed E-state index contributed by atoms with van der Waals surface area (Å²) in [5.41, 5.74) is 6.91. The van der Waals surface area contributed by atoms with Crippen LogP contribution in [0.1, 0.15) is 48.9 Å². The molecule has 0 radical (unpaired) electrons. The Balaban J connectivity index is 1.67. The lowest BCUT2D eigenvalue weighted by Crippen LogP contribution is -2.32. The number of hydrogen-bond acceptors (Lipinski definition) is 4. The fraction of sp³-hybridized carbons (Fsp3) is 0.360. The topological polar surface area (TPSA) is 45.5 Å². The van der Waals surface area contributed by atoms with E-state index in [1.807, 2.05) is 12.4 Å². The first-order valence-corrected chi connectivity index (χ1v) is 11.0. The predicted molar refractivity (Wildman–Crippen MR) is 125 cm³/mol. The van der Waals surface area contributed by atoms with Gasteiger partial charge in [-0.3, -0.25) is 4.40 Å². The summed E-state index contributed by atoms with van der Waals surface area (Å²) in [6.07, 6.45) is 7.69. The number of aryl methyl sites for hydroxylation is 2. The summed E-state index contributed by atoms with van der Waals surface area (Å²) in [6, 6.07) is 13.1. The maximum atomic E-state index is 5.23. The molecule has 5 rings (SSSR count). The molecule has 5 heteroatoms. The Morgan fingerprint density at radius 2 is 1.83 bits per heavy atom. The van der Waals surface area contributed by atoms with Crippen LogP contribution in [0.5, 0.6) is 0 Å². The number of nitrogens with zero attached hydrogens (tertiary/aromatic N) is 4. The highest BCUT2D eigenvalue weighted by Gasteiger charge is 2.21. The summed E-state index contributed by atoms with van der Waals surface area (Å²) >= 11 is 0. The molecule has 1 atom stereocenters. The van der Waals surface area contributed by atoms with Crippen LogP contribution in [0, 0.1) is 13.8 Å². The summed E-state index contributed by atoms with van der Waals surface area (Å²) in [5, 5.41) is 4.83. The molecule has 1 fully saturated rings. The molecule has 2 aromatic carbocycles. The average molecular weight is 400 g/mol. The monoisotopic (exact) mass is 399 g/mol. The molecule has 30 heavy (non-hydrogen) atoms. The molecular formula is C25H29N5. The normalized spacial score (nSPS) is 15.6. The number of rotatable bonds is 4. The van der Waals surface area contributed by atoms with Crippen LogP contribution < -0.4 is 10.2 Å². The zero-order chi connectivity index (χ0) is 20.7. The number of hydrogen-bond donors (Lipinski definition) is 1. The molecule has 0 aliphatic carbocycles. The first kappa shape index (κ1) is 18.9.